The summed E-state index contributed by atoms with van der Waals surface area (Å²) in [6, 6.07) is 6.72. The maximum atomic E-state index is 11.8. The minimum Gasteiger partial charge on any atom is -0.492 e. The first kappa shape index (κ1) is 15.6. The van der Waals surface area contributed by atoms with Gasteiger partial charge in [-0.25, -0.2) is 0 Å². The number of hydrogen-bond donors (Lipinski definition) is 1. The Balaban J connectivity index is 1.78. The van der Waals surface area contributed by atoms with Gasteiger partial charge in [-0.2, -0.15) is 5.10 Å². The third-order valence-electron chi connectivity index (χ3n) is 4.15. The zero-order valence-electron chi connectivity index (χ0n) is 13.2. The van der Waals surface area contributed by atoms with Gasteiger partial charge in [0.15, 0.2) is 0 Å². The number of carbonyl (C=O) groups is 1. The topological polar surface area (TPSA) is 67.6 Å². The number of aryl methyl sites for hydroxylation is 1. The van der Waals surface area contributed by atoms with Crippen molar-refractivity contribution in [2.24, 2.45) is 0 Å². The number of carboxylic acids is 1. The standard InChI is InChI=1S/C17H21N3O3/c1-2-20-12-13(11-18-20)7-8-19-9-10-23-15-6-4-3-5-14(15)16(19)17(21)22/h3-6,11-12,16H,2,7-10H2,1H3,(H,21,22). The third kappa shape index (κ3) is 3.37. The molecule has 23 heavy (non-hydrogen) atoms. The highest BCUT2D eigenvalue weighted by atomic mass is 16.5. The van der Waals surface area contributed by atoms with Crippen LogP contribution in [-0.4, -0.2) is 45.5 Å². The van der Waals surface area contributed by atoms with Crippen LogP contribution in [0.15, 0.2) is 36.7 Å². The molecule has 6 heteroatoms. The van der Waals surface area contributed by atoms with Crippen LogP contribution in [0.4, 0.5) is 0 Å². The largest absolute Gasteiger partial charge is 0.492 e. The molecule has 1 aromatic heterocycles. The van der Waals surface area contributed by atoms with Crippen LogP contribution in [0.3, 0.4) is 0 Å². The quantitative estimate of drug-likeness (QED) is 0.913. The molecule has 0 saturated heterocycles. The molecule has 0 fully saturated rings. The molecule has 122 valence electrons. The smallest absolute Gasteiger partial charge is 0.325 e. The predicted octanol–water partition coefficient (Wildman–Crippen LogP) is 1.97. The number of nitrogens with zero attached hydrogens (tertiary/aromatic N) is 3. The highest BCUT2D eigenvalue weighted by Crippen LogP contribution is 2.32. The molecule has 1 aliphatic rings. The van der Waals surface area contributed by atoms with Gasteiger partial charge in [0.2, 0.25) is 0 Å². The summed E-state index contributed by atoms with van der Waals surface area (Å²) in [6.07, 6.45) is 4.63. The van der Waals surface area contributed by atoms with Crippen LogP contribution in [0.5, 0.6) is 5.75 Å². The zero-order valence-corrected chi connectivity index (χ0v) is 13.2. The average molecular weight is 315 g/mol. The van der Waals surface area contributed by atoms with Gasteiger partial charge in [0.25, 0.3) is 0 Å². The van der Waals surface area contributed by atoms with Crippen LogP contribution in [-0.2, 0) is 17.8 Å². The summed E-state index contributed by atoms with van der Waals surface area (Å²) >= 11 is 0. The maximum absolute atomic E-state index is 11.8. The SMILES string of the molecule is CCn1cc(CCN2CCOc3ccccc3C2C(=O)O)cn1. The molecule has 1 aromatic carbocycles. The van der Waals surface area contributed by atoms with E-state index in [0.717, 1.165) is 24.1 Å². The molecule has 0 radical (unpaired) electrons. The Hall–Kier alpha value is -2.34. The lowest BCUT2D eigenvalue weighted by Crippen LogP contribution is -2.36. The first-order valence-corrected chi connectivity index (χ1v) is 7.89. The summed E-state index contributed by atoms with van der Waals surface area (Å²) in [7, 11) is 0. The van der Waals surface area contributed by atoms with Crippen LogP contribution in [0, 0.1) is 0 Å². The second kappa shape index (κ2) is 6.83. The number of carboxylic acid groups (broad SMARTS) is 1. The molecule has 3 rings (SSSR count). The Kier molecular flexibility index (Phi) is 4.62. The van der Waals surface area contributed by atoms with Gasteiger partial charge >= 0.3 is 5.97 Å². The van der Waals surface area contributed by atoms with Crippen molar-refractivity contribution in [3.05, 3.63) is 47.8 Å². The van der Waals surface area contributed by atoms with E-state index in [1.165, 1.54) is 0 Å². The fourth-order valence-electron chi connectivity index (χ4n) is 2.95. The third-order valence-corrected chi connectivity index (χ3v) is 4.15. The summed E-state index contributed by atoms with van der Waals surface area (Å²) in [4.78, 5) is 13.8. The summed E-state index contributed by atoms with van der Waals surface area (Å²) in [5.74, 6) is -0.173. The van der Waals surface area contributed by atoms with Crippen LogP contribution >= 0.6 is 0 Å². The van der Waals surface area contributed by atoms with Gasteiger partial charge in [-0.3, -0.25) is 14.4 Å². The Bertz CT molecular complexity index is 683. The van der Waals surface area contributed by atoms with Gasteiger partial charge in [-0.05, 0) is 25.0 Å². The lowest BCUT2D eigenvalue weighted by atomic mass is 10.0. The number of benzene rings is 1. The van der Waals surface area contributed by atoms with E-state index in [1.54, 1.807) is 0 Å². The van der Waals surface area contributed by atoms with E-state index in [1.807, 2.05) is 53.2 Å². The van der Waals surface area contributed by atoms with E-state index in [0.29, 0.717) is 25.4 Å². The van der Waals surface area contributed by atoms with Gasteiger partial charge < -0.3 is 9.84 Å². The molecular weight excluding hydrogens is 294 g/mol. The van der Waals surface area contributed by atoms with Gasteiger partial charge in [-0.15, -0.1) is 0 Å². The highest BCUT2D eigenvalue weighted by Gasteiger charge is 2.31. The van der Waals surface area contributed by atoms with E-state index in [4.69, 9.17) is 4.74 Å². The number of ether oxygens (including phenoxy) is 1. The Labute approximate surface area is 135 Å². The number of hydrogen-bond acceptors (Lipinski definition) is 4. The summed E-state index contributed by atoms with van der Waals surface area (Å²) < 4.78 is 7.59. The van der Waals surface area contributed by atoms with E-state index in [2.05, 4.69) is 5.10 Å². The molecule has 2 heterocycles. The molecule has 0 aliphatic carbocycles. The molecule has 0 spiro atoms. The average Bonchev–Trinajstić information content (AvgIpc) is 2.93. The monoisotopic (exact) mass is 315 g/mol. The lowest BCUT2D eigenvalue weighted by molar-refractivity contribution is -0.143. The van der Waals surface area contributed by atoms with Crippen molar-refractivity contribution in [1.82, 2.24) is 14.7 Å². The molecular formula is C17H21N3O3. The molecule has 1 aliphatic heterocycles. The Morgan fingerprint density at radius 2 is 2.26 bits per heavy atom. The fourth-order valence-corrected chi connectivity index (χ4v) is 2.95. The lowest BCUT2D eigenvalue weighted by Gasteiger charge is -2.26. The maximum Gasteiger partial charge on any atom is 0.325 e. The first-order valence-electron chi connectivity index (χ1n) is 7.89. The molecule has 1 N–H and O–H groups in total. The van der Waals surface area contributed by atoms with E-state index < -0.39 is 12.0 Å². The molecule has 1 atom stereocenters. The van der Waals surface area contributed by atoms with E-state index in [-0.39, 0.29) is 0 Å². The van der Waals surface area contributed by atoms with Crippen molar-refractivity contribution in [3.8, 4) is 5.75 Å². The van der Waals surface area contributed by atoms with Gasteiger partial charge in [0, 0.05) is 31.4 Å². The number of rotatable bonds is 5. The summed E-state index contributed by atoms with van der Waals surface area (Å²) in [5, 5.41) is 14.0. The van der Waals surface area contributed by atoms with Crippen LogP contribution in [0.1, 0.15) is 24.1 Å². The molecule has 2 aromatic rings. The van der Waals surface area contributed by atoms with Crippen LogP contribution in [0.2, 0.25) is 0 Å². The minimum atomic E-state index is -0.841. The normalized spacial score (nSPS) is 18.0. The molecule has 0 bridgehead atoms. The second-order valence-electron chi connectivity index (χ2n) is 5.62. The van der Waals surface area contributed by atoms with Crippen molar-refractivity contribution >= 4 is 5.97 Å². The number of para-hydroxylation sites is 1. The summed E-state index contributed by atoms with van der Waals surface area (Å²) in [5.41, 5.74) is 1.84. The van der Waals surface area contributed by atoms with Gasteiger partial charge in [-0.1, -0.05) is 18.2 Å². The van der Waals surface area contributed by atoms with E-state index in [9.17, 15) is 9.90 Å². The predicted molar refractivity (Wildman–Crippen MR) is 85.5 cm³/mol. The van der Waals surface area contributed by atoms with Crippen LogP contribution in [0.25, 0.3) is 0 Å². The fraction of sp³-hybridized carbons (Fsp3) is 0.412. The first-order chi connectivity index (χ1) is 11.2. The van der Waals surface area contributed by atoms with Crippen molar-refractivity contribution in [1.29, 1.82) is 0 Å². The van der Waals surface area contributed by atoms with Gasteiger partial charge in [0.1, 0.15) is 18.4 Å². The minimum absolute atomic E-state index is 0.495. The van der Waals surface area contributed by atoms with Gasteiger partial charge in [0.05, 0.1) is 6.20 Å². The second-order valence-corrected chi connectivity index (χ2v) is 5.62. The van der Waals surface area contributed by atoms with Crippen molar-refractivity contribution in [3.63, 3.8) is 0 Å². The molecule has 1 unspecified atom stereocenters. The Morgan fingerprint density at radius 3 is 3.00 bits per heavy atom. The van der Waals surface area contributed by atoms with Crippen molar-refractivity contribution in [2.45, 2.75) is 25.9 Å². The number of fused-ring (bicyclic) bond motifs is 1. The molecule has 6 nitrogen and oxygen atoms in total. The number of aliphatic carboxylic acids is 1. The molecule has 0 saturated carbocycles. The molecule has 0 amide bonds. The highest BCUT2D eigenvalue weighted by molar-refractivity contribution is 5.76. The van der Waals surface area contributed by atoms with Crippen molar-refractivity contribution < 1.29 is 14.6 Å². The number of aromatic nitrogens is 2. The van der Waals surface area contributed by atoms with E-state index >= 15 is 0 Å². The zero-order chi connectivity index (χ0) is 16.2. The van der Waals surface area contributed by atoms with Crippen LogP contribution < -0.4 is 4.74 Å². The van der Waals surface area contributed by atoms with Crippen molar-refractivity contribution in [2.75, 3.05) is 19.7 Å². The summed E-state index contributed by atoms with van der Waals surface area (Å²) in [6.45, 7) is 4.62. The Morgan fingerprint density at radius 1 is 1.43 bits per heavy atom.